The second-order valence-electron chi connectivity index (χ2n) is 4.82. The highest BCUT2D eigenvalue weighted by Crippen LogP contribution is 2.25. The van der Waals surface area contributed by atoms with Crippen molar-refractivity contribution in [2.24, 2.45) is 0 Å². The van der Waals surface area contributed by atoms with Crippen molar-refractivity contribution in [2.75, 3.05) is 7.11 Å². The first-order valence-corrected chi connectivity index (χ1v) is 6.29. The summed E-state index contributed by atoms with van der Waals surface area (Å²) in [4.78, 5) is 0. The molecule has 0 radical (unpaired) electrons. The third-order valence-corrected chi connectivity index (χ3v) is 3.49. The van der Waals surface area contributed by atoms with Gasteiger partial charge in [-0.3, -0.25) is 0 Å². The highest BCUT2D eigenvalue weighted by Gasteiger charge is 2.25. The van der Waals surface area contributed by atoms with E-state index in [2.05, 4.69) is 12.2 Å². The number of nitrogens with one attached hydrogen (secondary N) is 1. The van der Waals surface area contributed by atoms with Gasteiger partial charge in [-0.1, -0.05) is 18.6 Å². The fraction of sp³-hybridized carbons (Fsp3) is 0.571. The van der Waals surface area contributed by atoms with Gasteiger partial charge in [0.25, 0.3) is 0 Å². The van der Waals surface area contributed by atoms with Gasteiger partial charge in [0.05, 0.1) is 13.2 Å². The molecule has 1 aromatic carbocycles. The lowest BCUT2D eigenvalue weighted by Crippen LogP contribution is -2.44. The summed E-state index contributed by atoms with van der Waals surface area (Å²) in [6.45, 7) is 2.17. The molecule has 1 fully saturated rings. The molecule has 0 saturated carbocycles. The van der Waals surface area contributed by atoms with E-state index in [9.17, 15) is 5.11 Å². The second-order valence-corrected chi connectivity index (χ2v) is 4.82. The molecule has 1 heterocycles. The van der Waals surface area contributed by atoms with Crippen molar-refractivity contribution < 1.29 is 9.84 Å². The van der Waals surface area contributed by atoms with Crippen LogP contribution in [0.2, 0.25) is 0 Å². The first kappa shape index (κ1) is 12.4. The van der Waals surface area contributed by atoms with Gasteiger partial charge in [0.1, 0.15) is 5.75 Å². The summed E-state index contributed by atoms with van der Waals surface area (Å²) in [5.74, 6) is 0.825. The molecule has 3 heteroatoms. The highest BCUT2D eigenvalue weighted by molar-refractivity contribution is 5.29. The normalized spacial score (nSPS) is 26.5. The summed E-state index contributed by atoms with van der Waals surface area (Å²) >= 11 is 0. The smallest absolute Gasteiger partial charge is 0.118 e. The van der Waals surface area contributed by atoms with Crippen LogP contribution in [0.4, 0.5) is 0 Å². The fourth-order valence-corrected chi connectivity index (χ4v) is 2.46. The minimum Gasteiger partial charge on any atom is -0.497 e. The number of piperidine rings is 1. The van der Waals surface area contributed by atoms with E-state index in [4.69, 9.17) is 4.74 Å². The monoisotopic (exact) mass is 235 g/mol. The van der Waals surface area contributed by atoms with Gasteiger partial charge in [-0.05, 0) is 37.5 Å². The Morgan fingerprint density at radius 2 is 2.00 bits per heavy atom. The molecule has 0 aromatic heterocycles. The molecule has 0 amide bonds. The van der Waals surface area contributed by atoms with Gasteiger partial charge in [-0.25, -0.2) is 0 Å². The van der Waals surface area contributed by atoms with Crippen LogP contribution in [0.15, 0.2) is 24.3 Å². The lowest BCUT2D eigenvalue weighted by atomic mass is 9.92. The third-order valence-electron chi connectivity index (χ3n) is 3.49. The van der Waals surface area contributed by atoms with Crippen LogP contribution in [-0.4, -0.2) is 24.3 Å². The molecule has 17 heavy (non-hydrogen) atoms. The maximum atomic E-state index is 10.3. The summed E-state index contributed by atoms with van der Waals surface area (Å²) < 4.78 is 5.11. The van der Waals surface area contributed by atoms with Gasteiger partial charge in [-0.2, -0.15) is 0 Å². The molecule has 1 aliphatic rings. The van der Waals surface area contributed by atoms with E-state index in [1.54, 1.807) is 7.11 Å². The van der Waals surface area contributed by atoms with Crippen molar-refractivity contribution in [3.8, 4) is 5.75 Å². The zero-order valence-corrected chi connectivity index (χ0v) is 10.5. The maximum absolute atomic E-state index is 10.3. The van der Waals surface area contributed by atoms with E-state index in [0.29, 0.717) is 6.04 Å². The van der Waals surface area contributed by atoms with Crippen LogP contribution >= 0.6 is 0 Å². The molecule has 3 nitrogen and oxygen atoms in total. The number of ether oxygens (including phenoxy) is 1. The van der Waals surface area contributed by atoms with Gasteiger partial charge < -0.3 is 15.2 Å². The SMILES string of the molecule is COc1ccc([C@@H](O)[C@H]2CCC[C@H](C)N2)cc1. The van der Waals surface area contributed by atoms with Crippen LogP contribution in [0.5, 0.6) is 5.75 Å². The summed E-state index contributed by atoms with van der Waals surface area (Å²) in [6, 6.07) is 8.33. The first-order valence-electron chi connectivity index (χ1n) is 6.29. The molecule has 0 spiro atoms. The Balaban J connectivity index is 2.04. The van der Waals surface area contributed by atoms with E-state index in [0.717, 1.165) is 17.7 Å². The molecular weight excluding hydrogens is 214 g/mol. The van der Waals surface area contributed by atoms with E-state index >= 15 is 0 Å². The van der Waals surface area contributed by atoms with Gasteiger partial charge in [0.2, 0.25) is 0 Å². The summed E-state index contributed by atoms with van der Waals surface area (Å²) in [7, 11) is 1.65. The van der Waals surface area contributed by atoms with Crippen molar-refractivity contribution in [2.45, 2.75) is 44.4 Å². The molecule has 2 rings (SSSR count). The van der Waals surface area contributed by atoms with Gasteiger partial charge in [0.15, 0.2) is 0 Å². The minimum absolute atomic E-state index is 0.173. The van der Waals surface area contributed by atoms with Crippen LogP contribution in [0.25, 0.3) is 0 Å². The quantitative estimate of drug-likeness (QED) is 0.844. The maximum Gasteiger partial charge on any atom is 0.118 e. The lowest BCUT2D eigenvalue weighted by molar-refractivity contribution is 0.103. The van der Waals surface area contributed by atoms with E-state index < -0.39 is 6.10 Å². The molecule has 3 atom stereocenters. The second kappa shape index (κ2) is 5.52. The Morgan fingerprint density at radius 3 is 2.59 bits per heavy atom. The molecule has 2 N–H and O–H groups in total. The zero-order valence-electron chi connectivity index (χ0n) is 10.5. The number of hydrogen-bond acceptors (Lipinski definition) is 3. The van der Waals surface area contributed by atoms with Crippen LogP contribution in [0.3, 0.4) is 0 Å². The summed E-state index contributed by atoms with van der Waals surface area (Å²) in [5.41, 5.74) is 0.956. The molecule has 0 unspecified atom stereocenters. The van der Waals surface area contributed by atoms with Crippen molar-refractivity contribution in [1.29, 1.82) is 0 Å². The highest BCUT2D eigenvalue weighted by atomic mass is 16.5. The molecule has 1 aliphatic heterocycles. The summed E-state index contributed by atoms with van der Waals surface area (Å²) in [6.07, 6.45) is 3.00. The number of aliphatic hydroxyl groups excluding tert-OH is 1. The molecule has 0 bridgehead atoms. The van der Waals surface area contributed by atoms with Crippen LogP contribution < -0.4 is 10.1 Å². The average Bonchev–Trinajstić information content (AvgIpc) is 2.38. The first-order chi connectivity index (χ1) is 8.20. The van der Waals surface area contributed by atoms with E-state index in [1.807, 2.05) is 24.3 Å². The minimum atomic E-state index is -0.427. The Bertz CT molecular complexity index is 350. The largest absolute Gasteiger partial charge is 0.497 e. The number of benzene rings is 1. The number of rotatable bonds is 3. The number of methoxy groups -OCH3 is 1. The molecule has 1 saturated heterocycles. The van der Waals surface area contributed by atoms with Gasteiger partial charge in [-0.15, -0.1) is 0 Å². The average molecular weight is 235 g/mol. The van der Waals surface area contributed by atoms with Crippen LogP contribution in [0.1, 0.15) is 37.9 Å². The lowest BCUT2D eigenvalue weighted by Gasteiger charge is -2.32. The van der Waals surface area contributed by atoms with Gasteiger partial charge in [0, 0.05) is 12.1 Å². The van der Waals surface area contributed by atoms with Crippen molar-refractivity contribution in [3.05, 3.63) is 29.8 Å². The predicted molar refractivity (Wildman–Crippen MR) is 68.2 cm³/mol. The molecular formula is C14H21NO2. The van der Waals surface area contributed by atoms with Crippen LogP contribution in [-0.2, 0) is 0 Å². The standard InChI is InChI=1S/C14H21NO2/c1-10-4-3-5-13(15-10)14(16)11-6-8-12(17-2)9-7-11/h6-10,13-16H,3-5H2,1-2H3/t10-,13+,14+/m0/s1. The third kappa shape index (κ3) is 2.99. The van der Waals surface area contributed by atoms with Crippen LogP contribution in [0, 0.1) is 0 Å². The Kier molecular flexibility index (Phi) is 4.02. The predicted octanol–water partition coefficient (Wildman–Crippen LogP) is 2.26. The van der Waals surface area contributed by atoms with E-state index in [1.165, 1.54) is 12.8 Å². The Morgan fingerprint density at radius 1 is 1.29 bits per heavy atom. The Hall–Kier alpha value is -1.06. The zero-order chi connectivity index (χ0) is 12.3. The Labute approximate surface area is 103 Å². The number of hydrogen-bond donors (Lipinski definition) is 2. The topological polar surface area (TPSA) is 41.5 Å². The molecule has 0 aliphatic carbocycles. The summed E-state index contributed by atoms with van der Waals surface area (Å²) in [5, 5.41) is 13.8. The molecule has 1 aromatic rings. The van der Waals surface area contributed by atoms with E-state index in [-0.39, 0.29) is 6.04 Å². The van der Waals surface area contributed by atoms with Crippen molar-refractivity contribution >= 4 is 0 Å². The van der Waals surface area contributed by atoms with Crippen molar-refractivity contribution in [1.82, 2.24) is 5.32 Å². The fourth-order valence-electron chi connectivity index (χ4n) is 2.46. The number of aliphatic hydroxyl groups is 1. The van der Waals surface area contributed by atoms with Gasteiger partial charge >= 0.3 is 0 Å². The molecule has 94 valence electrons. The van der Waals surface area contributed by atoms with Crippen molar-refractivity contribution in [3.63, 3.8) is 0 Å².